The number of rotatable bonds is 4. The highest BCUT2D eigenvalue weighted by Crippen LogP contribution is 2.30. The summed E-state index contributed by atoms with van der Waals surface area (Å²) in [4.78, 5) is 28.2. The van der Waals surface area contributed by atoms with Gasteiger partial charge in [-0.2, -0.15) is 9.78 Å². The van der Waals surface area contributed by atoms with Crippen LogP contribution < -0.4 is 10.5 Å². The Hall–Kier alpha value is -3.84. The normalized spacial score (nSPS) is 13.9. The van der Waals surface area contributed by atoms with Crippen LogP contribution in [0.1, 0.15) is 5.56 Å². The van der Waals surface area contributed by atoms with Crippen LogP contribution >= 0.6 is 0 Å². The first kappa shape index (κ1) is 21.0. The van der Waals surface area contributed by atoms with Gasteiger partial charge in [0.1, 0.15) is 5.69 Å². The SMILES string of the molecule is Cc1ccc(-c2nn(-c3cc(N4CCOCC4)ccc3[N+](C)=O)c(=O)c3ccccc23)cc1. The second-order valence-corrected chi connectivity index (χ2v) is 8.25. The monoisotopic (exact) mass is 441 g/mol. The van der Waals surface area contributed by atoms with Crippen LogP contribution in [0.25, 0.3) is 27.7 Å². The Bertz CT molecular complexity index is 1400. The van der Waals surface area contributed by atoms with Crippen LogP contribution in [0.5, 0.6) is 0 Å². The number of anilines is 1. The predicted octanol–water partition coefficient (Wildman–Crippen LogP) is 4.24. The Morgan fingerprint density at radius 3 is 2.33 bits per heavy atom. The van der Waals surface area contributed by atoms with Gasteiger partial charge in [0.15, 0.2) is 7.05 Å². The molecule has 0 radical (unpaired) electrons. The van der Waals surface area contributed by atoms with Gasteiger partial charge in [0.25, 0.3) is 11.2 Å². The molecule has 0 unspecified atom stereocenters. The van der Waals surface area contributed by atoms with E-state index >= 15 is 0 Å². The Labute approximate surface area is 191 Å². The van der Waals surface area contributed by atoms with Gasteiger partial charge in [0.2, 0.25) is 0 Å². The molecule has 0 aliphatic carbocycles. The number of aromatic nitrogens is 2. The van der Waals surface area contributed by atoms with E-state index in [-0.39, 0.29) is 5.56 Å². The van der Waals surface area contributed by atoms with E-state index in [2.05, 4.69) is 4.90 Å². The van der Waals surface area contributed by atoms with Gasteiger partial charge in [-0.1, -0.05) is 48.0 Å². The summed E-state index contributed by atoms with van der Waals surface area (Å²) in [5.41, 5.74) is 4.26. The molecule has 2 heterocycles. The summed E-state index contributed by atoms with van der Waals surface area (Å²) in [7, 11) is 1.43. The topological polar surface area (TPSA) is 67.4 Å². The van der Waals surface area contributed by atoms with Crippen molar-refractivity contribution in [3.05, 3.63) is 87.6 Å². The van der Waals surface area contributed by atoms with Crippen molar-refractivity contribution in [2.75, 3.05) is 38.3 Å². The molecule has 0 amide bonds. The molecule has 1 aliphatic rings. The van der Waals surface area contributed by atoms with Gasteiger partial charge < -0.3 is 9.64 Å². The zero-order chi connectivity index (χ0) is 22.9. The van der Waals surface area contributed by atoms with Crippen molar-refractivity contribution in [2.24, 2.45) is 0 Å². The molecule has 5 rings (SSSR count). The average molecular weight is 442 g/mol. The van der Waals surface area contributed by atoms with Crippen molar-refractivity contribution >= 4 is 22.1 Å². The number of benzene rings is 3. The Balaban J connectivity index is 1.77. The lowest BCUT2D eigenvalue weighted by molar-refractivity contribution is -0.428. The number of hydrogen-bond acceptors (Lipinski definition) is 5. The van der Waals surface area contributed by atoms with Gasteiger partial charge in [-0.25, -0.2) is 0 Å². The fourth-order valence-electron chi connectivity index (χ4n) is 4.24. The molecule has 0 atom stereocenters. The second-order valence-electron chi connectivity index (χ2n) is 8.25. The van der Waals surface area contributed by atoms with E-state index in [1.165, 1.54) is 11.7 Å². The van der Waals surface area contributed by atoms with Crippen molar-refractivity contribution in [3.8, 4) is 16.9 Å². The van der Waals surface area contributed by atoms with E-state index < -0.39 is 0 Å². The maximum absolute atomic E-state index is 13.6. The maximum atomic E-state index is 13.6. The quantitative estimate of drug-likeness (QED) is 0.443. The maximum Gasteiger partial charge on any atom is 0.281 e. The Morgan fingerprint density at radius 1 is 0.939 bits per heavy atom. The van der Waals surface area contributed by atoms with E-state index in [9.17, 15) is 9.70 Å². The highest BCUT2D eigenvalue weighted by Gasteiger charge is 2.23. The highest BCUT2D eigenvalue weighted by molar-refractivity contribution is 5.94. The molecule has 0 bridgehead atoms. The van der Waals surface area contributed by atoms with Crippen LogP contribution in [0.2, 0.25) is 0 Å². The predicted molar refractivity (Wildman–Crippen MR) is 130 cm³/mol. The third-order valence-electron chi connectivity index (χ3n) is 6.03. The molecule has 1 aromatic heterocycles. The number of aryl methyl sites for hydroxylation is 1. The molecule has 4 aromatic rings. The van der Waals surface area contributed by atoms with Crippen molar-refractivity contribution in [1.82, 2.24) is 9.78 Å². The van der Waals surface area contributed by atoms with Gasteiger partial charge in [0, 0.05) is 45.5 Å². The van der Waals surface area contributed by atoms with Gasteiger partial charge in [-0.3, -0.25) is 4.79 Å². The van der Waals surface area contributed by atoms with Crippen molar-refractivity contribution in [2.45, 2.75) is 6.92 Å². The number of morpholine rings is 1. The third-order valence-corrected chi connectivity index (χ3v) is 6.03. The Morgan fingerprint density at radius 2 is 1.64 bits per heavy atom. The van der Waals surface area contributed by atoms with Crippen molar-refractivity contribution in [1.29, 1.82) is 0 Å². The smallest absolute Gasteiger partial charge is 0.281 e. The van der Waals surface area contributed by atoms with Crippen LogP contribution in [-0.4, -0.2) is 47.9 Å². The largest absolute Gasteiger partial charge is 0.378 e. The fourth-order valence-corrected chi connectivity index (χ4v) is 4.24. The third kappa shape index (κ3) is 3.91. The summed E-state index contributed by atoms with van der Waals surface area (Å²) in [6.45, 7) is 4.82. The molecule has 166 valence electrons. The summed E-state index contributed by atoms with van der Waals surface area (Å²) >= 11 is 0. The fraction of sp³-hybridized carbons (Fsp3) is 0.231. The average Bonchev–Trinajstić information content (AvgIpc) is 2.85. The lowest BCUT2D eigenvalue weighted by Gasteiger charge is -2.29. The molecule has 7 nitrogen and oxygen atoms in total. The van der Waals surface area contributed by atoms with Gasteiger partial charge in [-0.15, -0.1) is 0 Å². The zero-order valence-electron chi connectivity index (χ0n) is 18.7. The van der Waals surface area contributed by atoms with Crippen LogP contribution in [-0.2, 0) is 4.74 Å². The number of fused-ring (bicyclic) bond motifs is 1. The van der Waals surface area contributed by atoms with E-state index in [0.717, 1.165) is 40.1 Å². The van der Waals surface area contributed by atoms with Crippen LogP contribution in [0.3, 0.4) is 0 Å². The minimum Gasteiger partial charge on any atom is -0.378 e. The number of ether oxygens (including phenoxy) is 1. The molecule has 3 aromatic carbocycles. The first-order valence-corrected chi connectivity index (χ1v) is 11.0. The van der Waals surface area contributed by atoms with Crippen LogP contribution in [0.15, 0.2) is 71.5 Å². The van der Waals surface area contributed by atoms with E-state index in [1.807, 2.05) is 61.5 Å². The van der Waals surface area contributed by atoms with Crippen LogP contribution in [0, 0.1) is 11.8 Å². The van der Waals surface area contributed by atoms with Gasteiger partial charge >= 0.3 is 0 Å². The zero-order valence-corrected chi connectivity index (χ0v) is 18.7. The van der Waals surface area contributed by atoms with Gasteiger partial charge in [0.05, 0.1) is 24.3 Å². The molecule has 0 saturated carbocycles. The first-order valence-electron chi connectivity index (χ1n) is 11.0. The molecule has 33 heavy (non-hydrogen) atoms. The summed E-state index contributed by atoms with van der Waals surface area (Å²) in [5.74, 6) is 0. The number of hydrogen-bond donors (Lipinski definition) is 0. The van der Waals surface area contributed by atoms with E-state index in [4.69, 9.17) is 9.84 Å². The Kier molecular flexibility index (Phi) is 5.48. The molecule has 0 spiro atoms. The standard InChI is InChI=1S/C26H25N4O3/c1-18-7-9-19(10-8-18)25-21-5-3-4-6-22(21)26(31)30(27-25)24-17-20(11-12-23(24)28(2)32)29-13-15-33-16-14-29/h3-12,17H,13-16H2,1-2H3/q+1. The molecule has 0 N–H and O–H groups in total. The van der Waals surface area contributed by atoms with E-state index in [0.29, 0.717) is 35.7 Å². The molecular weight excluding hydrogens is 416 g/mol. The minimum absolute atomic E-state index is 0.260. The molecule has 1 fully saturated rings. The minimum atomic E-state index is -0.260. The highest BCUT2D eigenvalue weighted by atomic mass is 16.5. The molecule has 7 heteroatoms. The summed E-state index contributed by atoms with van der Waals surface area (Å²) in [5, 5.41) is 6.13. The summed E-state index contributed by atoms with van der Waals surface area (Å²) < 4.78 is 7.61. The summed E-state index contributed by atoms with van der Waals surface area (Å²) in [6, 6.07) is 21.1. The first-order chi connectivity index (χ1) is 16.0. The van der Waals surface area contributed by atoms with Crippen molar-refractivity contribution in [3.63, 3.8) is 0 Å². The number of nitrogens with zero attached hydrogens (tertiary/aromatic N) is 4. The van der Waals surface area contributed by atoms with Crippen molar-refractivity contribution < 1.29 is 9.50 Å². The number of nitroso groups, excluding NO2 is 1. The summed E-state index contributed by atoms with van der Waals surface area (Å²) in [6.07, 6.45) is 0. The van der Waals surface area contributed by atoms with E-state index in [1.54, 1.807) is 12.1 Å². The van der Waals surface area contributed by atoms with Gasteiger partial charge in [-0.05, 0) is 25.1 Å². The molecule has 1 aliphatic heterocycles. The second kappa shape index (κ2) is 8.60. The lowest BCUT2D eigenvalue weighted by Crippen LogP contribution is -2.36. The molecule has 1 saturated heterocycles. The van der Waals surface area contributed by atoms with Crippen LogP contribution in [0.4, 0.5) is 11.4 Å². The lowest BCUT2D eigenvalue weighted by atomic mass is 10.0. The molecular formula is C26H25N4O3+.